The normalized spacial score (nSPS) is 15.7. The number of amides is 2. The van der Waals surface area contributed by atoms with Gasteiger partial charge in [0.1, 0.15) is 21.8 Å². The van der Waals surface area contributed by atoms with E-state index in [9.17, 15) is 9.59 Å². The minimum Gasteiger partial charge on any atom is -0.497 e. The molecule has 0 radical (unpaired) electrons. The van der Waals surface area contributed by atoms with Crippen LogP contribution in [0.15, 0.2) is 47.5 Å². The van der Waals surface area contributed by atoms with Crippen molar-refractivity contribution in [1.82, 2.24) is 0 Å². The summed E-state index contributed by atoms with van der Waals surface area (Å²) in [6, 6.07) is 12.9. The number of benzene rings is 2. The van der Waals surface area contributed by atoms with Crippen molar-refractivity contribution in [2.75, 3.05) is 38.5 Å². The number of methoxy groups -OCH3 is 2. The molecule has 29 heavy (non-hydrogen) atoms. The predicted molar refractivity (Wildman–Crippen MR) is 116 cm³/mol. The van der Waals surface area contributed by atoms with Gasteiger partial charge in [-0.1, -0.05) is 23.9 Å². The Morgan fingerprint density at radius 2 is 1.86 bits per heavy atom. The number of hydrogen-bond acceptors (Lipinski definition) is 6. The molecule has 1 atom stereocenters. The van der Waals surface area contributed by atoms with Gasteiger partial charge in [-0.3, -0.25) is 9.59 Å². The van der Waals surface area contributed by atoms with Crippen molar-refractivity contribution >= 4 is 40.0 Å². The zero-order valence-electron chi connectivity index (χ0n) is 16.8. The number of anilines is 2. The lowest BCUT2D eigenvalue weighted by Crippen LogP contribution is -2.21. The molecule has 0 spiro atoms. The van der Waals surface area contributed by atoms with Crippen LogP contribution in [0.1, 0.15) is 12.0 Å². The maximum absolute atomic E-state index is 12.5. The fourth-order valence-electron chi connectivity index (χ4n) is 2.83. The number of hydrogen-bond donors (Lipinski definition) is 1. The molecule has 0 bridgehead atoms. The molecule has 0 saturated heterocycles. The van der Waals surface area contributed by atoms with Crippen molar-refractivity contribution in [1.29, 1.82) is 0 Å². The van der Waals surface area contributed by atoms with E-state index in [4.69, 9.17) is 9.47 Å². The molecule has 1 heterocycles. The Balaban J connectivity index is 1.64. The second kappa shape index (κ2) is 9.00. The molecule has 152 valence electrons. The third-order valence-corrected chi connectivity index (χ3v) is 5.63. The van der Waals surface area contributed by atoms with Gasteiger partial charge in [0.15, 0.2) is 0 Å². The Bertz CT molecular complexity index is 941. The van der Waals surface area contributed by atoms with Gasteiger partial charge in [0.25, 0.3) is 5.91 Å². The zero-order chi connectivity index (χ0) is 21.0. The van der Waals surface area contributed by atoms with Crippen LogP contribution in [0.3, 0.4) is 0 Å². The molecule has 0 aliphatic carbocycles. The number of ether oxygens (including phenoxy) is 2. The summed E-state index contributed by atoms with van der Waals surface area (Å²) in [5.41, 5.74) is 2.42. The first-order valence-electron chi connectivity index (χ1n) is 9.00. The number of aliphatic imine (C=N–C) groups is 1. The Hall–Kier alpha value is -3.00. The van der Waals surface area contributed by atoms with Crippen LogP contribution >= 0.6 is 11.8 Å². The summed E-state index contributed by atoms with van der Waals surface area (Å²) in [7, 11) is 7.00. The number of carbonyl (C=O) groups is 2. The van der Waals surface area contributed by atoms with Crippen molar-refractivity contribution in [2.24, 2.45) is 4.99 Å². The number of nitrogens with one attached hydrogen (secondary N) is 1. The number of nitrogens with zero attached hydrogens (tertiary/aromatic N) is 2. The summed E-state index contributed by atoms with van der Waals surface area (Å²) in [6.45, 7) is 0. The summed E-state index contributed by atoms with van der Waals surface area (Å²) < 4.78 is 10.5. The first kappa shape index (κ1) is 20.7. The minimum atomic E-state index is -0.546. The quantitative estimate of drug-likeness (QED) is 0.751. The summed E-state index contributed by atoms with van der Waals surface area (Å²) in [5, 5.41) is 2.88. The fourth-order valence-corrected chi connectivity index (χ4v) is 3.90. The molecule has 2 amide bonds. The van der Waals surface area contributed by atoms with E-state index in [1.54, 1.807) is 25.3 Å². The number of thioether (sulfide) groups is 1. The average molecular weight is 413 g/mol. The van der Waals surface area contributed by atoms with Crippen LogP contribution in [0.2, 0.25) is 0 Å². The SMILES string of the molecule is COc1ccc(OC)c(NC(=O)C[C@H]2SC(c3ccc(N(C)C)cc3)=NC2=O)c1. The van der Waals surface area contributed by atoms with Gasteiger partial charge in [0.05, 0.1) is 19.9 Å². The molecule has 3 rings (SSSR count). The van der Waals surface area contributed by atoms with Crippen LogP contribution in [0.5, 0.6) is 11.5 Å². The van der Waals surface area contributed by atoms with Crippen LogP contribution < -0.4 is 19.7 Å². The predicted octanol–water partition coefficient (Wildman–Crippen LogP) is 3.19. The molecule has 2 aromatic rings. The molecule has 2 aromatic carbocycles. The van der Waals surface area contributed by atoms with E-state index in [2.05, 4.69) is 10.3 Å². The summed E-state index contributed by atoms with van der Waals surface area (Å²) >= 11 is 1.31. The van der Waals surface area contributed by atoms with Crippen LogP contribution in [-0.4, -0.2) is 50.4 Å². The van der Waals surface area contributed by atoms with E-state index in [0.717, 1.165) is 11.3 Å². The molecule has 0 aromatic heterocycles. The fraction of sp³-hybridized carbons (Fsp3) is 0.286. The molecule has 1 aliphatic rings. The van der Waals surface area contributed by atoms with E-state index in [1.807, 2.05) is 43.3 Å². The highest BCUT2D eigenvalue weighted by Crippen LogP contribution is 2.32. The van der Waals surface area contributed by atoms with E-state index in [0.29, 0.717) is 22.2 Å². The van der Waals surface area contributed by atoms with E-state index in [-0.39, 0.29) is 18.2 Å². The van der Waals surface area contributed by atoms with Crippen LogP contribution in [-0.2, 0) is 9.59 Å². The molecular formula is C21H23N3O4S. The van der Waals surface area contributed by atoms with Gasteiger partial charge in [-0.15, -0.1) is 0 Å². The molecule has 0 unspecified atom stereocenters. The topological polar surface area (TPSA) is 80.2 Å². The van der Waals surface area contributed by atoms with Crippen molar-refractivity contribution in [2.45, 2.75) is 11.7 Å². The average Bonchev–Trinajstić information content (AvgIpc) is 3.08. The molecular weight excluding hydrogens is 390 g/mol. The highest BCUT2D eigenvalue weighted by Gasteiger charge is 2.31. The van der Waals surface area contributed by atoms with Crippen LogP contribution in [0.4, 0.5) is 11.4 Å². The molecule has 0 saturated carbocycles. The first-order chi connectivity index (χ1) is 13.9. The molecule has 1 aliphatic heterocycles. The number of rotatable bonds is 7. The second-order valence-electron chi connectivity index (χ2n) is 6.62. The second-order valence-corrected chi connectivity index (χ2v) is 7.81. The smallest absolute Gasteiger partial charge is 0.260 e. The summed E-state index contributed by atoms with van der Waals surface area (Å²) in [5.74, 6) is 0.526. The van der Waals surface area contributed by atoms with Gasteiger partial charge in [0.2, 0.25) is 5.91 Å². The lowest BCUT2D eigenvalue weighted by molar-refractivity contribution is -0.121. The minimum absolute atomic E-state index is 0.0205. The van der Waals surface area contributed by atoms with Crippen LogP contribution in [0.25, 0.3) is 0 Å². The zero-order valence-corrected chi connectivity index (χ0v) is 17.6. The molecule has 0 fully saturated rings. The molecule has 1 N–H and O–H groups in total. The maximum Gasteiger partial charge on any atom is 0.260 e. The highest BCUT2D eigenvalue weighted by atomic mass is 32.2. The van der Waals surface area contributed by atoms with E-state index < -0.39 is 5.25 Å². The Morgan fingerprint density at radius 1 is 1.14 bits per heavy atom. The Labute approximate surface area is 174 Å². The molecule has 8 heteroatoms. The van der Waals surface area contributed by atoms with Crippen molar-refractivity contribution in [3.8, 4) is 11.5 Å². The third kappa shape index (κ3) is 4.89. The van der Waals surface area contributed by atoms with Gasteiger partial charge in [-0.05, 0) is 24.3 Å². The standard InChI is InChI=1S/C21H23N3O4S/c1-24(2)14-7-5-13(6-8-14)21-23-20(26)18(29-21)12-19(25)22-16-11-15(27-3)9-10-17(16)28-4/h5-11,18H,12H2,1-4H3,(H,22,25)/t18-/m1/s1. The summed E-state index contributed by atoms with van der Waals surface area (Å²) in [4.78, 5) is 31.0. The number of carbonyl (C=O) groups excluding carboxylic acids is 2. The van der Waals surface area contributed by atoms with Gasteiger partial charge in [-0.25, -0.2) is 4.99 Å². The monoisotopic (exact) mass is 413 g/mol. The van der Waals surface area contributed by atoms with Crippen molar-refractivity contribution < 1.29 is 19.1 Å². The van der Waals surface area contributed by atoms with Gasteiger partial charge >= 0.3 is 0 Å². The lowest BCUT2D eigenvalue weighted by atomic mass is 10.2. The Morgan fingerprint density at radius 3 is 2.48 bits per heavy atom. The summed E-state index contributed by atoms with van der Waals surface area (Å²) in [6.07, 6.45) is 0.0205. The van der Waals surface area contributed by atoms with Crippen LogP contribution in [0, 0.1) is 0 Å². The van der Waals surface area contributed by atoms with Gasteiger partial charge in [-0.2, -0.15) is 0 Å². The highest BCUT2D eigenvalue weighted by molar-refractivity contribution is 8.16. The van der Waals surface area contributed by atoms with Gasteiger partial charge < -0.3 is 19.7 Å². The van der Waals surface area contributed by atoms with Crippen molar-refractivity contribution in [3.05, 3.63) is 48.0 Å². The van der Waals surface area contributed by atoms with Gasteiger partial charge in [0, 0.05) is 37.8 Å². The van der Waals surface area contributed by atoms with E-state index >= 15 is 0 Å². The van der Waals surface area contributed by atoms with E-state index in [1.165, 1.54) is 18.9 Å². The maximum atomic E-state index is 12.5. The largest absolute Gasteiger partial charge is 0.497 e. The third-order valence-electron chi connectivity index (χ3n) is 4.42. The molecule has 7 nitrogen and oxygen atoms in total. The Kier molecular flexibility index (Phi) is 6.43. The van der Waals surface area contributed by atoms with Crippen molar-refractivity contribution in [3.63, 3.8) is 0 Å². The lowest BCUT2D eigenvalue weighted by Gasteiger charge is -2.13. The first-order valence-corrected chi connectivity index (χ1v) is 9.88.